The molecule has 10 heteroatoms. The van der Waals surface area contributed by atoms with E-state index < -0.39 is 16.1 Å². The molecule has 6 nitrogen and oxygen atoms in total. The third-order valence-electron chi connectivity index (χ3n) is 4.46. The first-order chi connectivity index (χ1) is 13.8. The molecule has 0 radical (unpaired) electrons. The minimum absolute atomic E-state index is 0.0313. The van der Waals surface area contributed by atoms with Crippen LogP contribution in [0.5, 0.6) is 0 Å². The largest absolute Gasteiger partial charge is 0.447 e. The van der Waals surface area contributed by atoms with E-state index in [-0.39, 0.29) is 28.8 Å². The Labute approximate surface area is 185 Å². The zero-order chi connectivity index (χ0) is 21.0. The van der Waals surface area contributed by atoms with Crippen molar-refractivity contribution in [3.63, 3.8) is 0 Å². The van der Waals surface area contributed by atoms with Crippen molar-refractivity contribution in [1.29, 1.82) is 0 Å². The third-order valence-corrected chi connectivity index (χ3v) is 7.10. The normalized spacial score (nSPS) is 14.1. The Kier molecular flexibility index (Phi) is 7.16. The summed E-state index contributed by atoms with van der Waals surface area (Å²) in [5, 5.41) is 0.948. The van der Waals surface area contributed by atoms with Crippen molar-refractivity contribution < 1.29 is 17.9 Å². The van der Waals surface area contributed by atoms with E-state index in [2.05, 4.69) is 0 Å². The van der Waals surface area contributed by atoms with Crippen LogP contribution in [0.4, 0.5) is 10.5 Å². The summed E-state index contributed by atoms with van der Waals surface area (Å²) in [6, 6.07) is 10.3. The van der Waals surface area contributed by atoms with Crippen LogP contribution in [0.1, 0.15) is 12.8 Å². The van der Waals surface area contributed by atoms with Crippen molar-refractivity contribution in [2.24, 2.45) is 0 Å². The molecule has 1 fully saturated rings. The van der Waals surface area contributed by atoms with E-state index in [9.17, 15) is 13.2 Å². The number of likely N-dealkylation sites (tertiary alicyclic amines) is 1. The van der Waals surface area contributed by atoms with Crippen molar-refractivity contribution in [2.75, 3.05) is 30.5 Å². The van der Waals surface area contributed by atoms with E-state index in [0.717, 1.165) is 17.1 Å². The highest BCUT2D eigenvalue weighted by Crippen LogP contribution is 2.33. The molecule has 0 bridgehead atoms. The van der Waals surface area contributed by atoms with Crippen LogP contribution in [-0.4, -0.2) is 45.7 Å². The quantitative estimate of drug-likeness (QED) is 0.582. The summed E-state index contributed by atoms with van der Waals surface area (Å²) >= 11 is 18.2. The highest BCUT2D eigenvalue weighted by molar-refractivity contribution is 7.92. The summed E-state index contributed by atoms with van der Waals surface area (Å²) in [7, 11) is -4.00. The molecule has 2 aromatic carbocycles. The number of sulfonamides is 1. The predicted octanol–water partition coefficient (Wildman–Crippen LogP) is 5.07. The Morgan fingerprint density at radius 2 is 1.62 bits per heavy atom. The lowest BCUT2D eigenvalue weighted by Gasteiger charge is -2.26. The smallest absolute Gasteiger partial charge is 0.409 e. The lowest BCUT2D eigenvalue weighted by atomic mass is 10.3. The molecule has 0 atom stereocenters. The van der Waals surface area contributed by atoms with Gasteiger partial charge in [-0.1, -0.05) is 34.8 Å². The fraction of sp³-hybridized carbons (Fsp3) is 0.316. The number of amides is 1. The molecule has 0 aromatic heterocycles. The molecule has 1 aliphatic heterocycles. The molecule has 1 heterocycles. The van der Waals surface area contributed by atoms with Gasteiger partial charge in [0.15, 0.2) is 0 Å². The first kappa shape index (κ1) is 22.0. The predicted molar refractivity (Wildman–Crippen MR) is 115 cm³/mol. The molecule has 0 aliphatic carbocycles. The number of nitrogens with zero attached hydrogens (tertiary/aromatic N) is 2. The molecule has 1 saturated heterocycles. The summed E-state index contributed by atoms with van der Waals surface area (Å²) in [6.45, 7) is 1.03. The van der Waals surface area contributed by atoms with Gasteiger partial charge < -0.3 is 9.64 Å². The molecule has 0 N–H and O–H groups in total. The maximum atomic E-state index is 13.3. The van der Waals surface area contributed by atoms with Crippen LogP contribution < -0.4 is 4.31 Å². The molecular formula is C19H19Cl3N2O4S. The van der Waals surface area contributed by atoms with Crippen molar-refractivity contribution in [1.82, 2.24) is 4.90 Å². The number of anilines is 1. The second-order valence-corrected chi connectivity index (χ2v) is 9.58. The fourth-order valence-electron chi connectivity index (χ4n) is 2.99. The first-order valence-corrected chi connectivity index (χ1v) is 11.5. The summed E-state index contributed by atoms with van der Waals surface area (Å²) in [4.78, 5) is 13.7. The molecule has 156 valence electrons. The number of carbonyl (C=O) groups is 1. The van der Waals surface area contributed by atoms with E-state index in [1.54, 1.807) is 11.0 Å². The average Bonchev–Trinajstić information content (AvgIpc) is 3.22. The number of ether oxygens (including phenoxy) is 1. The number of hydrogen-bond acceptors (Lipinski definition) is 4. The van der Waals surface area contributed by atoms with Gasteiger partial charge in [0.05, 0.1) is 22.2 Å². The number of carbonyl (C=O) groups excluding carboxylic acids is 1. The molecule has 29 heavy (non-hydrogen) atoms. The van der Waals surface area contributed by atoms with Crippen molar-refractivity contribution in [2.45, 2.75) is 17.7 Å². The van der Waals surface area contributed by atoms with Gasteiger partial charge in [0.2, 0.25) is 0 Å². The Morgan fingerprint density at radius 3 is 2.28 bits per heavy atom. The zero-order valence-corrected chi connectivity index (χ0v) is 18.4. The number of rotatable bonds is 6. The highest BCUT2D eigenvalue weighted by atomic mass is 35.5. The minimum atomic E-state index is -4.00. The highest BCUT2D eigenvalue weighted by Gasteiger charge is 2.28. The molecule has 1 amide bonds. The van der Waals surface area contributed by atoms with Crippen molar-refractivity contribution in [3.8, 4) is 0 Å². The monoisotopic (exact) mass is 476 g/mol. The molecular weight excluding hydrogens is 459 g/mol. The lowest BCUT2D eigenvalue weighted by molar-refractivity contribution is 0.113. The van der Waals surface area contributed by atoms with Crippen molar-refractivity contribution in [3.05, 3.63) is 57.5 Å². The topological polar surface area (TPSA) is 66.9 Å². The van der Waals surface area contributed by atoms with Gasteiger partial charge in [0, 0.05) is 23.1 Å². The van der Waals surface area contributed by atoms with Crippen LogP contribution in [0.3, 0.4) is 0 Å². The van der Waals surface area contributed by atoms with Crippen LogP contribution in [0, 0.1) is 0 Å². The lowest BCUT2D eigenvalue weighted by Crippen LogP contribution is -2.36. The number of hydrogen-bond donors (Lipinski definition) is 0. The Hall–Kier alpha value is -1.67. The number of benzene rings is 2. The molecule has 1 aliphatic rings. The van der Waals surface area contributed by atoms with E-state index >= 15 is 0 Å². The van der Waals surface area contributed by atoms with Crippen LogP contribution in [0.15, 0.2) is 47.4 Å². The SMILES string of the molecule is O=C(OCCN(c1cc(Cl)ccc1Cl)S(=O)(=O)c1ccc(Cl)cc1)N1CCCC1. The van der Waals surface area contributed by atoms with Crippen molar-refractivity contribution >= 4 is 56.6 Å². The average molecular weight is 478 g/mol. The Bertz CT molecular complexity index is 977. The maximum absolute atomic E-state index is 13.3. The summed E-state index contributed by atoms with van der Waals surface area (Å²) < 4.78 is 32.9. The van der Waals surface area contributed by atoms with Gasteiger partial charge in [0.1, 0.15) is 6.61 Å². The van der Waals surface area contributed by atoms with Gasteiger partial charge in [-0.15, -0.1) is 0 Å². The fourth-order valence-corrected chi connectivity index (χ4v) is 5.01. The van der Waals surface area contributed by atoms with Crippen LogP contribution >= 0.6 is 34.8 Å². The zero-order valence-electron chi connectivity index (χ0n) is 15.4. The molecule has 3 rings (SSSR count). The van der Waals surface area contributed by atoms with Gasteiger partial charge in [-0.3, -0.25) is 4.31 Å². The second-order valence-electron chi connectivity index (χ2n) is 6.44. The van der Waals surface area contributed by atoms with E-state index in [1.807, 2.05) is 0 Å². The van der Waals surface area contributed by atoms with Crippen LogP contribution in [0.25, 0.3) is 0 Å². The van der Waals surface area contributed by atoms with Gasteiger partial charge in [-0.05, 0) is 55.3 Å². The van der Waals surface area contributed by atoms with Gasteiger partial charge in [-0.25, -0.2) is 13.2 Å². The second kappa shape index (κ2) is 9.43. The third kappa shape index (κ3) is 5.28. The molecule has 0 spiro atoms. The van der Waals surface area contributed by atoms with E-state index in [0.29, 0.717) is 23.1 Å². The number of halogens is 3. The van der Waals surface area contributed by atoms with Gasteiger partial charge in [0.25, 0.3) is 10.0 Å². The van der Waals surface area contributed by atoms with E-state index in [1.165, 1.54) is 36.4 Å². The van der Waals surface area contributed by atoms with E-state index in [4.69, 9.17) is 39.5 Å². The Balaban J connectivity index is 1.86. The minimum Gasteiger partial charge on any atom is -0.447 e. The summed E-state index contributed by atoms with van der Waals surface area (Å²) in [5.41, 5.74) is 0.200. The van der Waals surface area contributed by atoms with Gasteiger partial charge >= 0.3 is 6.09 Å². The molecule has 2 aromatic rings. The van der Waals surface area contributed by atoms with Crippen LogP contribution in [-0.2, 0) is 14.8 Å². The molecule has 0 unspecified atom stereocenters. The standard InChI is InChI=1S/C19H19Cl3N2O4S/c20-14-3-6-16(7-4-14)29(26,27)24(18-13-15(21)5-8-17(18)22)11-12-28-19(25)23-9-1-2-10-23/h3-8,13H,1-2,9-12H2. The first-order valence-electron chi connectivity index (χ1n) is 8.94. The summed E-state index contributed by atoms with van der Waals surface area (Å²) in [6.07, 6.45) is 1.41. The summed E-state index contributed by atoms with van der Waals surface area (Å²) in [5.74, 6) is 0. The van der Waals surface area contributed by atoms with Crippen LogP contribution in [0.2, 0.25) is 15.1 Å². The maximum Gasteiger partial charge on any atom is 0.409 e. The Morgan fingerprint density at radius 1 is 1.00 bits per heavy atom. The van der Waals surface area contributed by atoms with Gasteiger partial charge in [-0.2, -0.15) is 0 Å². The molecule has 0 saturated carbocycles.